The number of amides is 1. The number of rotatable bonds is 4. The number of hydrogen-bond donors (Lipinski definition) is 2. The standard InChI is InChI=1S/C12H25N3O2/c1-12(2,3)17-11(16)13-7-8-14-15-9-5-4-6-10-15/h14H,4-10H2,1-3H3,(H,13,16). The largest absolute Gasteiger partial charge is 0.444 e. The van der Waals surface area contributed by atoms with E-state index in [1.165, 1.54) is 19.3 Å². The molecule has 0 saturated carbocycles. The van der Waals surface area contributed by atoms with Crippen molar-refractivity contribution in [1.82, 2.24) is 15.8 Å². The summed E-state index contributed by atoms with van der Waals surface area (Å²) in [7, 11) is 0. The second kappa shape index (κ2) is 6.81. The van der Waals surface area contributed by atoms with E-state index in [9.17, 15) is 4.79 Å². The van der Waals surface area contributed by atoms with Crippen LogP contribution in [0.15, 0.2) is 0 Å². The molecule has 0 radical (unpaired) electrons. The van der Waals surface area contributed by atoms with E-state index >= 15 is 0 Å². The third-order valence-corrected chi connectivity index (χ3v) is 2.48. The van der Waals surface area contributed by atoms with Gasteiger partial charge in [0.05, 0.1) is 0 Å². The summed E-state index contributed by atoms with van der Waals surface area (Å²) < 4.78 is 5.14. The van der Waals surface area contributed by atoms with Crippen LogP contribution in [0.3, 0.4) is 0 Å². The van der Waals surface area contributed by atoms with Gasteiger partial charge in [-0.15, -0.1) is 0 Å². The summed E-state index contributed by atoms with van der Waals surface area (Å²) in [5.41, 5.74) is 2.88. The smallest absolute Gasteiger partial charge is 0.407 e. The van der Waals surface area contributed by atoms with E-state index in [0.29, 0.717) is 6.54 Å². The van der Waals surface area contributed by atoms with Crippen LogP contribution in [0.25, 0.3) is 0 Å². The molecule has 1 rings (SSSR count). The first-order chi connectivity index (χ1) is 7.97. The Hall–Kier alpha value is -0.810. The van der Waals surface area contributed by atoms with Crippen molar-refractivity contribution in [2.24, 2.45) is 0 Å². The van der Waals surface area contributed by atoms with Gasteiger partial charge in [0, 0.05) is 26.2 Å². The number of nitrogens with zero attached hydrogens (tertiary/aromatic N) is 1. The fourth-order valence-electron chi connectivity index (χ4n) is 1.74. The summed E-state index contributed by atoms with van der Waals surface area (Å²) in [5.74, 6) is 0. The minimum absolute atomic E-state index is 0.349. The van der Waals surface area contributed by atoms with E-state index in [4.69, 9.17) is 4.74 Å². The Morgan fingerprint density at radius 1 is 1.18 bits per heavy atom. The highest BCUT2D eigenvalue weighted by molar-refractivity contribution is 5.67. The van der Waals surface area contributed by atoms with E-state index in [1.54, 1.807) is 0 Å². The van der Waals surface area contributed by atoms with Crippen molar-refractivity contribution < 1.29 is 9.53 Å². The number of piperidine rings is 1. The molecule has 0 aromatic heterocycles. The third-order valence-electron chi connectivity index (χ3n) is 2.48. The molecule has 0 spiro atoms. The number of carbonyl (C=O) groups excluding carboxylic acids is 1. The predicted octanol–water partition coefficient (Wildman–Crippen LogP) is 1.50. The maximum absolute atomic E-state index is 11.3. The molecule has 0 unspecified atom stereocenters. The zero-order chi connectivity index (χ0) is 12.7. The lowest BCUT2D eigenvalue weighted by Gasteiger charge is -2.27. The van der Waals surface area contributed by atoms with Crippen LogP contribution in [0.5, 0.6) is 0 Å². The van der Waals surface area contributed by atoms with Crippen molar-refractivity contribution in [3.05, 3.63) is 0 Å². The van der Waals surface area contributed by atoms with Crippen molar-refractivity contribution in [2.75, 3.05) is 26.2 Å². The normalized spacial score (nSPS) is 17.8. The first-order valence-corrected chi connectivity index (χ1v) is 6.43. The van der Waals surface area contributed by atoms with Crippen molar-refractivity contribution >= 4 is 6.09 Å². The number of hydrogen-bond acceptors (Lipinski definition) is 4. The van der Waals surface area contributed by atoms with Crippen LogP contribution in [0, 0.1) is 0 Å². The predicted molar refractivity (Wildman–Crippen MR) is 67.7 cm³/mol. The quantitative estimate of drug-likeness (QED) is 0.735. The first kappa shape index (κ1) is 14.3. The number of alkyl carbamates (subject to hydrolysis) is 1. The van der Waals surface area contributed by atoms with Gasteiger partial charge in [0.15, 0.2) is 0 Å². The van der Waals surface area contributed by atoms with E-state index < -0.39 is 5.60 Å². The topological polar surface area (TPSA) is 53.6 Å². The Morgan fingerprint density at radius 2 is 1.82 bits per heavy atom. The molecule has 1 amide bonds. The Labute approximate surface area is 104 Å². The van der Waals surface area contributed by atoms with Crippen LogP contribution < -0.4 is 10.7 Å². The van der Waals surface area contributed by atoms with Gasteiger partial charge in [0.1, 0.15) is 5.60 Å². The van der Waals surface area contributed by atoms with Crippen LogP contribution >= 0.6 is 0 Å². The minimum atomic E-state index is -0.426. The molecule has 1 heterocycles. The number of nitrogens with one attached hydrogen (secondary N) is 2. The van der Waals surface area contributed by atoms with E-state index in [-0.39, 0.29) is 6.09 Å². The van der Waals surface area contributed by atoms with Gasteiger partial charge in [-0.05, 0) is 33.6 Å². The van der Waals surface area contributed by atoms with Gasteiger partial charge in [-0.2, -0.15) is 0 Å². The average Bonchev–Trinajstić information content (AvgIpc) is 2.23. The zero-order valence-electron chi connectivity index (χ0n) is 11.2. The van der Waals surface area contributed by atoms with E-state index in [1.807, 2.05) is 20.8 Å². The molecule has 1 saturated heterocycles. The van der Waals surface area contributed by atoms with Crippen LogP contribution in [0.2, 0.25) is 0 Å². The Kier molecular flexibility index (Phi) is 5.71. The number of carbonyl (C=O) groups is 1. The highest BCUT2D eigenvalue weighted by atomic mass is 16.6. The van der Waals surface area contributed by atoms with Gasteiger partial charge in [0.25, 0.3) is 0 Å². The van der Waals surface area contributed by atoms with E-state index in [0.717, 1.165) is 19.6 Å². The summed E-state index contributed by atoms with van der Waals surface area (Å²) in [5, 5.41) is 4.95. The summed E-state index contributed by atoms with van der Waals surface area (Å²) in [6.07, 6.45) is 3.49. The Balaban J connectivity index is 2.01. The average molecular weight is 243 g/mol. The maximum Gasteiger partial charge on any atom is 0.407 e. The highest BCUT2D eigenvalue weighted by Crippen LogP contribution is 2.06. The molecular weight excluding hydrogens is 218 g/mol. The second-order valence-corrected chi connectivity index (χ2v) is 5.38. The fourth-order valence-corrected chi connectivity index (χ4v) is 1.74. The van der Waals surface area contributed by atoms with Gasteiger partial charge in [-0.3, -0.25) is 5.43 Å². The second-order valence-electron chi connectivity index (χ2n) is 5.38. The monoisotopic (exact) mass is 243 g/mol. The molecule has 1 aliphatic rings. The Morgan fingerprint density at radius 3 is 2.41 bits per heavy atom. The van der Waals surface area contributed by atoms with Gasteiger partial charge in [-0.25, -0.2) is 9.80 Å². The van der Waals surface area contributed by atoms with Crippen molar-refractivity contribution in [3.63, 3.8) is 0 Å². The molecule has 5 heteroatoms. The molecule has 17 heavy (non-hydrogen) atoms. The molecule has 5 nitrogen and oxygen atoms in total. The van der Waals surface area contributed by atoms with Crippen LogP contribution in [-0.2, 0) is 4.74 Å². The number of ether oxygens (including phenoxy) is 1. The minimum Gasteiger partial charge on any atom is -0.444 e. The van der Waals surface area contributed by atoms with Gasteiger partial charge < -0.3 is 10.1 Å². The molecule has 100 valence electrons. The molecule has 2 N–H and O–H groups in total. The van der Waals surface area contributed by atoms with Crippen molar-refractivity contribution in [2.45, 2.75) is 45.6 Å². The molecule has 1 aliphatic heterocycles. The molecule has 1 fully saturated rings. The lowest BCUT2D eigenvalue weighted by molar-refractivity contribution is 0.0522. The van der Waals surface area contributed by atoms with Crippen molar-refractivity contribution in [3.8, 4) is 0 Å². The van der Waals surface area contributed by atoms with E-state index in [2.05, 4.69) is 15.8 Å². The molecule has 0 aliphatic carbocycles. The fraction of sp³-hybridized carbons (Fsp3) is 0.917. The van der Waals surface area contributed by atoms with Gasteiger partial charge >= 0.3 is 6.09 Å². The summed E-state index contributed by atoms with van der Waals surface area (Å²) in [4.78, 5) is 11.3. The summed E-state index contributed by atoms with van der Waals surface area (Å²) in [6, 6.07) is 0. The molecular formula is C12H25N3O2. The molecule has 0 aromatic carbocycles. The first-order valence-electron chi connectivity index (χ1n) is 6.43. The molecule has 0 atom stereocenters. The van der Waals surface area contributed by atoms with Crippen molar-refractivity contribution in [1.29, 1.82) is 0 Å². The van der Waals surface area contributed by atoms with Crippen LogP contribution in [0.4, 0.5) is 4.79 Å². The lowest BCUT2D eigenvalue weighted by atomic mass is 10.2. The number of hydrazine groups is 1. The molecule has 0 bridgehead atoms. The maximum atomic E-state index is 11.3. The third kappa shape index (κ3) is 7.18. The summed E-state index contributed by atoms with van der Waals surface area (Å²) >= 11 is 0. The van der Waals surface area contributed by atoms with Crippen LogP contribution in [-0.4, -0.2) is 42.9 Å². The van der Waals surface area contributed by atoms with Crippen LogP contribution in [0.1, 0.15) is 40.0 Å². The Bertz CT molecular complexity index is 232. The SMILES string of the molecule is CC(C)(C)OC(=O)NCCNN1CCCCC1. The summed E-state index contributed by atoms with van der Waals surface area (Å²) in [6.45, 7) is 9.12. The van der Waals surface area contributed by atoms with Gasteiger partial charge in [0.2, 0.25) is 0 Å². The van der Waals surface area contributed by atoms with Gasteiger partial charge in [-0.1, -0.05) is 6.42 Å². The highest BCUT2D eigenvalue weighted by Gasteiger charge is 2.15. The molecule has 0 aromatic rings. The lowest BCUT2D eigenvalue weighted by Crippen LogP contribution is -2.45. The zero-order valence-corrected chi connectivity index (χ0v) is 11.2.